The molecule has 0 bridgehead atoms. The minimum atomic E-state index is -0.948. The van der Waals surface area contributed by atoms with Gasteiger partial charge in [0.25, 0.3) is 0 Å². The van der Waals surface area contributed by atoms with Gasteiger partial charge in [0.05, 0.1) is 0 Å². The van der Waals surface area contributed by atoms with Crippen molar-refractivity contribution in [2.45, 2.75) is 90.9 Å². The van der Waals surface area contributed by atoms with Crippen LogP contribution in [0.5, 0.6) is 0 Å². The Balaban J connectivity index is 0.000000257. The van der Waals surface area contributed by atoms with Crippen molar-refractivity contribution in [1.29, 1.82) is 0 Å². The van der Waals surface area contributed by atoms with Crippen LogP contribution >= 0.6 is 0 Å². The first kappa shape index (κ1) is 20.0. The molecule has 0 aromatic rings. The molecule has 0 aliphatic heterocycles. The van der Waals surface area contributed by atoms with Crippen molar-refractivity contribution >= 4 is 11.9 Å². The van der Waals surface area contributed by atoms with Gasteiger partial charge in [-0.3, -0.25) is 9.59 Å². The number of aliphatic carboxylic acids is 2. The Morgan fingerprint density at radius 3 is 1.83 bits per heavy atom. The molecule has 23 heavy (non-hydrogen) atoms. The molecule has 2 aliphatic carbocycles. The zero-order valence-electron chi connectivity index (χ0n) is 14.9. The summed E-state index contributed by atoms with van der Waals surface area (Å²) in [5, 5.41) is 16.1. The number of rotatable bonds is 7. The molecular formula is C19H34O4. The Morgan fingerprint density at radius 1 is 0.913 bits per heavy atom. The van der Waals surface area contributed by atoms with Crippen molar-refractivity contribution in [3.63, 3.8) is 0 Å². The molecule has 2 rings (SSSR count). The largest absolute Gasteiger partial charge is 0.481 e. The minimum absolute atomic E-state index is 0.0632. The van der Waals surface area contributed by atoms with Crippen molar-refractivity contribution in [1.82, 2.24) is 0 Å². The molecule has 0 saturated heterocycles. The summed E-state index contributed by atoms with van der Waals surface area (Å²) in [6, 6.07) is 0. The average Bonchev–Trinajstić information content (AvgIpc) is 3.17. The third-order valence-electron chi connectivity index (χ3n) is 6.09. The fourth-order valence-electron chi connectivity index (χ4n) is 4.37. The van der Waals surface area contributed by atoms with E-state index in [4.69, 9.17) is 10.2 Å². The molecule has 1 atom stereocenters. The number of carbonyl (C=O) groups is 2. The van der Waals surface area contributed by atoms with E-state index in [-0.39, 0.29) is 19.3 Å². The standard InChI is InChI=1S/C14H26.C5H8O4/c1-3-14(4-2)10-9-13(11-14)12-7-5-6-8-12;6-4(7)2-1-3-5(8)9/h12-13H,3-11H2,1-2H3;1-3H2,(H,6,7)(H,8,9). The number of carboxylic acids is 2. The monoisotopic (exact) mass is 326 g/mol. The van der Waals surface area contributed by atoms with Crippen molar-refractivity contribution in [2.75, 3.05) is 0 Å². The van der Waals surface area contributed by atoms with Crippen LogP contribution in [0.2, 0.25) is 0 Å². The van der Waals surface area contributed by atoms with Gasteiger partial charge in [-0.25, -0.2) is 0 Å². The van der Waals surface area contributed by atoms with Gasteiger partial charge in [-0.2, -0.15) is 0 Å². The van der Waals surface area contributed by atoms with Crippen molar-refractivity contribution < 1.29 is 19.8 Å². The second-order valence-corrected chi connectivity index (χ2v) is 7.40. The molecule has 2 N–H and O–H groups in total. The van der Waals surface area contributed by atoms with Gasteiger partial charge in [-0.05, 0) is 42.9 Å². The highest BCUT2D eigenvalue weighted by atomic mass is 16.4. The number of hydrogen-bond donors (Lipinski definition) is 2. The molecule has 4 nitrogen and oxygen atoms in total. The van der Waals surface area contributed by atoms with Gasteiger partial charge in [0, 0.05) is 12.8 Å². The predicted molar refractivity (Wildman–Crippen MR) is 91.4 cm³/mol. The molecule has 0 heterocycles. The van der Waals surface area contributed by atoms with Crippen LogP contribution in [0.1, 0.15) is 90.9 Å². The Bertz CT molecular complexity index is 354. The van der Waals surface area contributed by atoms with Crippen molar-refractivity contribution in [3.05, 3.63) is 0 Å². The Morgan fingerprint density at radius 2 is 1.43 bits per heavy atom. The lowest BCUT2D eigenvalue weighted by molar-refractivity contribution is -0.138. The van der Waals surface area contributed by atoms with Crippen LogP contribution in [-0.4, -0.2) is 22.2 Å². The van der Waals surface area contributed by atoms with Crippen molar-refractivity contribution in [3.8, 4) is 0 Å². The van der Waals surface area contributed by atoms with Gasteiger partial charge in [-0.15, -0.1) is 0 Å². The van der Waals surface area contributed by atoms with E-state index in [0.717, 1.165) is 17.3 Å². The summed E-state index contributed by atoms with van der Waals surface area (Å²) in [6.45, 7) is 4.81. The van der Waals surface area contributed by atoms with Gasteiger partial charge in [0.1, 0.15) is 0 Å². The molecule has 4 heteroatoms. The molecule has 2 aliphatic rings. The third-order valence-corrected chi connectivity index (χ3v) is 6.09. The Labute approximate surface area is 140 Å². The van der Waals surface area contributed by atoms with Gasteiger partial charge < -0.3 is 10.2 Å². The molecular weight excluding hydrogens is 292 g/mol. The quantitative estimate of drug-likeness (QED) is 0.682. The van der Waals surface area contributed by atoms with Crippen LogP contribution in [0.4, 0.5) is 0 Å². The summed E-state index contributed by atoms with van der Waals surface area (Å²) in [7, 11) is 0. The number of carboxylic acid groups (broad SMARTS) is 2. The summed E-state index contributed by atoms with van der Waals surface area (Å²) in [6.07, 6.45) is 13.7. The lowest BCUT2D eigenvalue weighted by atomic mass is 9.78. The van der Waals surface area contributed by atoms with Crippen LogP contribution < -0.4 is 0 Å². The smallest absolute Gasteiger partial charge is 0.303 e. The molecule has 134 valence electrons. The molecule has 0 radical (unpaired) electrons. The van der Waals surface area contributed by atoms with E-state index in [0.29, 0.717) is 0 Å². The van der Waals surface area contributed by atoms with Gasteiger partial charge >= 0.3 is 11.9 Å². The van der Waals surface area contributed by atoms with E-state index < -0.39 is 11.9 Å². The van der Waals surface area contributed by atoms with E-state index in [9.17, 15) is 9.59 Å². The van der Waals surface area contributed by atoms with E-state index in [2.05, 4.69) is 13.8 Å². The lowest BCUT2D eigenvalue weighted by Gasteiger charge is -2.27. The van der Waals surface area contributed by atoms with Gasteiger partial charge in [0.15, 0.2) is 0 Å². The highest BCUT2D eigenvalue weighted by Gasteiger charge is 2.39. The first-order chi connectivity index (χ1) is 10.9. The number of hydrogen-bond acceptors (Lipinski definition) is 2. The zero-order valence-corrected chi connectivity index (χ0v) is 14.9. The van der Waals surface area contributed by atoms with E-state index in [1.807, 2.05) is 0 Å². The molecule has 1 unspecified atom stereocenters. The predicted octanol–water partition coefficient (Wildman–Crippen LogP) is 5.11. The summed E-state index contributed by atoms with van der Waals surface area (Å²) in [5.74, 6) is 0.333. The van der Waals surface area contributed by atoms with Crippen LogP contribution in [0.3, 0.4) is 0 Å². The van der Waals surface area contributed by atoms with Crippen molar-refractivity contribution in [2.24, 2.45) is 17.3 Å². The summed E-state index contributed by atoms with van der Waals surface area (Å²) < 4.78 is 0. The third kappa shape index (κ3) is 6.92. The van der Waals surface area contributed by atoms with Crippen LogP contribution in [0.25, 0.3) is 0 Å². The summed E-state index contributed by atoms with van der Waals surface area (Å²) in [5.41, 5.74) is 0.757. The normalized spacial score (nSPS) is 23.3. The molecule has 0 aromatic carbocycles. The molecule has 0 aromatic heterocycles. The minimum Gasteiger partial charge on any atom is -0.481 e. The fraction of sp³-hybridized carbons (Fsp3) is 0.895. The van der Waals surface area contributed by atoms with E-state index in [1.54, 1.807) is 25.7 Å². The Hall–Kier alpha value is -1.06. The SMILES string of the molecule is CCC1(CC)CCC(C2CCCC2)C1.O=C(O)CCCC(=O)O. The maximum Gasteiger partial charge on any atom is 0.303 e. The molecule has 0 spiro atoms. The first-order valence-electron chi connectivity index (χ1n) is 9.36. The topological polar surface area (TPSA) is 74.6 Å². The van der Waals surface area contributed by atoms with E-state index in [1.165, 1.54) is 32.1 Å². The highest BCUT2D eigenvalue weighted by Crippen LogP contribution is 2.51. The summed E-state index contributed by atoms with van der Waals surface area (Å²) in [4.78, 5) is 19.6. The van der Waals surface area contributed by atoms with Crippen LogP contribution in [0.15, 0.2) is 0 Å². The Kier molecular flexibility index (Phi) is 8.64. The first-order valence-corrected chi connectivity index (χ1v) is 9.36. The lowest BCUT2D eigenvalue weighted by Crippen LogP contribution is -2.16. The molecule has 0 amide bonds. The second kappa shape index (κ2) is 9.94. The van der Waals surface area contributed by atoms with Crippen LogP contribution in [-0.2, 0) is 9.59 Å². The zero-order chi connectivity index (χ0) is 17.3. The highest BCUT2D eigenvalue weighted by molar-refractivity contribution is 5.69. The summed E-state index contributed by atoms with van der Waals surface area (Å²) >= 11 is 0. The maximum absolute atomic E-state index is 9.79. The molecule has 2 fully saturated rings. The average molecular weight is 326 g/mol. The van der Waals surface area contributed by atoms with Gasteiger partial charge in [-0.1, -0.05) is 52.4 Å². The maximum atomic E-state index is 9.79. The van der Waals surface area contributed by atoms with Gasteiger partial charge in [0.2, 0.25) is 0 Å². The molecule has 2 saturated carbocycles. The fourth-order valence-corrected chi connectivity index (χ4v) is 4.37. The van der Waals surface area contributed by atoms with Crippen LogP contribution in [0, 0.1) is 17.3 Å². The van der Waals surface area contributed by atoms with E-state index >= 15 is 0 Å². The second-order valence-electron chi connectivity index (χ2n) is 7.40.